The lowest BCUT2D eigenvalue weighted by Gasteiger charge is -2.20. The third-order valence-corrected chi connectivity index (χ3v) is 6.06. The number of hydrogen-bond donors (Lipinski definition) is 1. The molecule has 1 aliphatic rings. The summed E-state index contributed by atoms with van der Waals surface area (Å²) in [5, 5.41) is 3.45. The molecule has 4 rings (SSSR count). The number of carbonyl (C=O) groups is 1. The third kappa shape index (κ3) is 4.21. The van der Waals surface area contributed by atoms with Crippen molar-refractivity contribution in [2.75, 3.05) is 25.7 Å². The highest BCUT2D eigenvalue weighted by Gasteiger charge is 2.32. The normalized spacial score (nSPS) is 16.0. The van der Waals surface area contributed by atoms with Gasteiger partial charge in [-0.25, -0.2) is 4.98 Å². The summed E-state index contributed by atoms with van der Waals surface area (Å²) in [6.45, 7) is 7.36. The fourth-order valence-corrected chi connectivity index (χ4v) is 4.22. The molecule has 1 unspecified atom stereocenters. The number of ether oxygens (including phenoxy) is 2. The number of carbonyl (C=O) groups excluding carboxylic acids is 1. The molecular weight excluding hydrogens is 404 g/mol. The number of benzene rings is 2. The Morgan fingerprint density at radius 3 is 2.53 bits per heavy atom. The van der Waals surface area contributed by atoms with Gasteiger partial charge in [-0.05, 0) is 62.1 Å². The van der Waals surface area contributed by atoms with Crippen molar-refractivity contribution < 1.29 is 14.3 Å². The summed E-state index contributed by atoms with van der Waals surface area (Å²) >= 11 is 0. The van der Waals surface area contributed by atoms with Crippen LogP contribution in [0, 0.1) is 20.8 Å². The predicted molar refractivity (Wildman–Crippen MR) is 125 cm³/mol. The van der Waals surface area contributed by atoms with Gasteiger partial charge >= 0.3 is 0 Å². The first-order valence-corrected chi connectivity index (χ1v) is 10.8. The van der Waals surface area contributed by atoms with E-state index in [1.165, 1.54) is 5.56 Å². The van der Waals surface area contributed by atoms with Crippen LogP contribution in [0.15, 0.2) is 42.9 Å². The zero-order valence-corrected chi connectivity index (χ0v) is 19.3. The molecule has 0 bridgehead atoms. The molecule has 0 aliphatic carbocycles. The summed E-state index contributed by atoms with van der Waals surface area (Å²) < 4.78 is 12.9. The minimum atomic E-state index is -0.209. The van der Waals surface area contributed by atoms with Crippen LogP contribution < -0.4 is 19.7 Å². The predicted octanol–water partition coefficient (Wildman–Crippen LogP) is 3.71. The van der Waals surface area contributed by atoms with Gasteiger partial charge < -0.3 is 24.3 Å². The molecule has 32 heavy (non-hydrogen) atoms. The van der Waals surface area contributed by atoms with Gasteiger partial charge in [0.1, 0.15) is 11.5 Å². The van der Waals surface area contributed by atoms with Crippen LogP contribution in [0.5, 0.6) is 11.5 Å². The largest absolute Gasteiger partial charge is 0.496 e. The maximum atomic E-state index is 13.1. The Morgan fingerprint density at radius 2 is 1.84 bits per heavy atom. The van der Waals surface area contributed by atoms with Gasteiger partial charge in [0.05, 0.1) is 38.0 Å². The molecule has 168 valence electrons. The molecule has 1 aromatic heterocycles. The number of aryl methyl sites for hydroxylation is 3. The number of aromatic nitrogens is 2. The second kappa shape index (κ2) is 9.04. The first-order chi connectivity index (χ1) is 15.4. The highest BCUT2D eigenvalue weighted by molar-refractivity contribution is 5.99. The zero-order valence-electron chi connectivity index (χ0n) is 19.3. The fourth-order valence-electron chi connectivity index (χ4n) is 4.22. The van der Waals surface area contributed by atoms with Crippen molar-refractivity contribution in [1.82, 2.24) is 14.9 Å². The summed E-state index contributed by atoms with van der Waals surface area (Å²) in [4.78, 5) is 19.2. The fraction of sp³-hybridized carbons (Fsp3) is 0.360. The second-order valence-electron chi connectivity index (χ2n) is 8.24. The Balaban J connectivity index is 1.47. The van der Waals surface area contributed by atoms with E-state index in [0.29, 0.717) is 18.8 Å². The van der Waals surface area contributed by atoms with Gasteiger partial charge in [-0.1, -0.05) is 6.07 Å². The summed E-state index contributed by atoms with van der Waals surface area (Å²) in [5.41, 5.74) is 6.09. The summed E-state index contributed by atoms with van der Waals surface area (Å²) in [7, 11) is 3.32. The van der Waals surface area contributed by atoms with Gasteiger partial charge in [0.2, 0.25) is 5.91 Å². The smallest absolute Gasteiger partial charge is 0.244 e. The number of methoxy groups -OCH3 is 2. The van der Waals surface area contributed by atoms with Crippen LogP contribution in [0.2, 0.25) is 0 Å². The maximum Gasteiger partial charge on any atom is 0.244 e. The molecule has 1 atom stereocenters. The van der Waals surface area contributed by atoms with Crippen LogP contribution in [0.1, 0.15) is 28.8 Å². The second-order valence-corrected chi connectivity index (χ2v) is 8.24. The number of hydrogen-bond acceptors (Lipinski definition) is 5. The molecular formula is C25H30N4O3. The average Bonchev–Trinajstić information content (AvgIpc) is 3.39. The summed E-state index contributed by atoms with van der Waals surface area (Å²) in [6.07, 6.45) is 4.47. The Hall–Kier alpha value is -3.32. The van der Waals surface area contributed by atoms with Crippen LogP contribution in [0.25, 0.3) is 5.69 Å². The summed E-state index contributed by atoms with van der Waals surface area (Å²) in [5.74, 6) is 1.67. The van der Waals surface area contributed by atoms with E-state index in [2.05, 4.69) is 23.3 Å². The van der Waals surface area contributed by atoms with Crippen molar-refractivity contribution in [3.05, 3.63) is 65.2 Å². The average molecular weight is 435 g/mol. The van der Waals surface area contributed by atoms with E-state index in [1.54, 1.807) is 20.5 Å². The Bertz CT molecular complexity index is 1140. The SMILES string of the molecule is COc1cc(C)c(CNC2CCN(c3ccc(-n4cnc(C)c4)c(OC)c3)C2=O)cc1C. The molecule has 1 N–H and O–H groups in total. The van der Waals surface area contributed by atoms with Crippen molar-refractivity contribution in [2.45, 2.75) is 39.8 Å². The minimum Gasteiger partial charge on any atom is -0.496 e. The van der Waals surface area contributed by atoms with Crippen molar-refractivity contribution in [2.24, 2.45) is 0 Å². The molecule has 1 amide bonds. The number of anilines is 1. The molecule has 1 fully saturated rings. The van der Waals surface area contributed by atoms with Crippen LogP contribution in [-0.4, -0.2) is 42.3 Å². The maximum absolute atomic E-state index is 13.1. The molecule has 1 aliphatic heterocycles. The van der Waals surface area contributed by atoms with Crippen LogP contribution in [0.4, 0.5) is 5.69 Å². The van der Waals surface area contributed by atoms with E-state index in [9.17, 15) is 4.79 Å². The Labute approximate surface area is 189 Å². The van der Waals surface area contributed by atoms with E-state index in [1.807, 2.05) is 53.8 Å². The van der Waals surface area contributed by atoms with Crippen molar-refractivity contribution >= 4 is 11.6 Å². The van der Waals surface area contributed by atoms with Crippen LogP contribution >= 0.6 is 0 Å². The van der Waals surface area contributed by atoms with E-state index in [-0.39, 0.29) is 11.9 Å². The van der Waals surface area contributed by atoms with Gasteiger partial charge in [0, 0.05) is 31.0 Å². The molecule has 0 spiro atoms. The third-order valence-electron chi connectivity index (χ3n) is 6.06. The lowest BCUT2D eigenvalue weighted by atomic mass is 10.0. The van der Waals surface area contributed by atoms with Crippen molar-refractivity contribution in [3.8, 4) is 17.2 Å². The molecule has 0 saturated carbocycles. The number of rotatable bonds is 7. The highest BCUT2D eigenvalue weighted by Crippen LogP contribution is 2.31. The van der Waals surface area contributed by atoms with E-state index < -0.39 is 0 Å². The Morgan fingerprint density at radius 1 is 1.06 bits per heavy atom. The van der Waals surface area contributed by atoms with Gasteiger partial charge in [0.25, 0.3) is 0 Å². The monoisotopic (exact) mass is 434 g/mol. The first-order valence-electron chi connectivity index (χ1n) is 10.8. The standard InChI is InChI=1S/C25H30N4O3/c1-16-11-23(31-4)17(2)10-19(16)13-26-21-8-9-29(25(21)30)20-6-7-22(24(12-20)32-5)28-14-18(3)27-15-28/h6-7,10-12,14-15,21,26H,8-9,13H2,1-5H3. The molecule has 1 saturated heterocycles. The molecule has 2 aromatic carbocycles. The lowest BCUT2D eigenvalue weighted by Crippen LogP contribution is -2.38. The van der Waals surface area contributed by atoms with E-state index in [4.69, 9.17) is 9.47 Å². The van der Waals surface area contributed by atoms with Crippen molar-refractivity contribution in [1.29, 1.82) is 0 Å². The van der Waals surface area contributed by atoms with Gasteiger partial charge in [-0.2, -0.15) is 0 Å². The molecule has 7 heteroatoms. The minimum absolute atomic E-state index is 0.0844. The van der Waals surface area contributed by atoms with Gasteiger partial charge in [0.15, 0.2) is 0 Å². The number of nitrogens with one attached hydrogen (secondary N) is 1. The number of nitrogens with zero attached hydrogens (tertiary/aromatic N) is 3. The van der Waals surface area contributed by atoms with Crippen LogP contribution in [-0.2, 0) is 11.3 Å². The number of imidazole rings is 1. The lowest BCUT2D eigenvalue weighted by molar-refractivity contribution is -0.118. The topological polar surface area (TPSA) is 68.6 Å². The van der Waals surface area contributed by atoms with Crippen LogP contribution in [0.3, 0.4) is 0 Å². The molecule has 2 heterocycles. The summed E-state index contributed by atoms with van der Waals surface area (Å²) in [6, 6.07) is 9.81. The first kappa shape index (κ1) is 21.9. The quantitative estimate of drug-likeness (QED) is 0.614. The van der Waals surface area contributed by atoms with E-state index in [0.717, 1.165) is 40.4 Å². The van der Waals surface area contributed by atoms with Gasteiger partial charge in [-0.3, -0.25) is 4.79 Å². The molecule has 3 aromatic rings. The van der Waals surface area contributed by atoms with Crippen molar-refractivity contribution in [3.63, 3.8) is 0 Å². The van der Waals surface area contributed by atoms with E-state index >= 15 is 0 Å². The molecule has 7 nitrogen and oxygen atoms in total. The molecule has 0 radical (unpaired) electrons. The Kier molecular flexibility index (Phi) is 6.19. The van der Waals surface area contributed by atoms with Gasteiger partial charge in [-0.15, -0.1) is 0 Å². The number of amides is 1. The highest BCUT2D eigenvalue weighted by atomic mass is 16.5. The zero-order chi connectivity index (χ0) is 22.8.